The third kappa shape index (κ3) is 2.16. The first-order valence-corrected chi connectivity index (χ1v) is 5.80. The zero-order valence-corrected chi connectivity index (χ0v) is 10.4. The van der Waals surface area contributed by atoms with Crippen molar-refractivity contribution in [1.29, 1.82) is 10.5 Å². The Morgan fingerprint density at radius 1 is 1.39 bits per heavy atom. The quantitative estimate of drug-likeness (QED) is 0.819. The molecular formula is C13H13N5. The van der Waals surface area contributed by atoms with Crippen LogP contribution in [-0.2, 0) is 12.8 Å². The summed E-state index contributed by atoms with van der Waals surface area (Å²) in [7, 11) is 0. The standard InChI is InChI=1S/C13H13N5/c1-9(2)7-10-4-6-18-13(11(10)8-15)16-12(17-18)3-5-14/h4,6,9H,3,7H2,1-2H3. The Labute approximate surface area is 105 Å². The van der Waals surface area contributed by atoms with Crippen molar-refractivity contribution in [3.05, 3.63) is 29.2 Å². The summed E-state index contributed by atoms with van der Waals surface area (Å²) in [6.45, 7) is 4.21. The molecule has 0 N–H and O–H groups in total. The van der Waals surface area contributed by atoms with E-state index in [1.54, 1.807) is 10.7 Å². The number of fused-ring (bicyclic) bond motifs is 1. The van der Waals surface area contributed by atoms with Crippen LogP contribution in [0, 0.1) is 28.6 Å². The lowest BCUT2D eigenvalue weighted by Crippen LogP contribution is -2.01. The van der Waals surface area contributed by atoms with Gasteiger partial charge < -0.3 is 0 Å². The molecule has 0 bridgehead atoms. The summed E-state index contributed by atoms with van der Waals surface area (Å²) >= 11 is 0. The normalized spacial score (nSPS) is 10.5. The second-order valence-electron chi connectivity index (χ2n) is 4.56. The van der Waals surface area contributed by atoms with Crippen LogP contribution < -0.4 is 0 Å². The number of hydrogen-bond donors (Lipinski definition) is 0. The van der Waals surface area contributed by atoms with E-state index in [0.29, 0.717) is 23.0 Å². The highest BCUT2D eigenvalue weighted by Gasteiger charge is 2.13. The fourth-order valence-corrected chi connectivity index (χ4v) is 1.91. The van der Waals surface area contributed by atoms with E-state index in [1.165, 1.54) is 0 Å². The molecule has 2 rings (SSSR count). The van der Waals surface area contributed by atoms with E-state index in [2.05, 4.69) is 30.0 Å². The van der Waals surface area contributed by atoms with Crippen LogP contribution >= 0.6 is 0 Å². The Hall–Kier alpha value is -2.40. The Morgan fingerprint density at radius 3 is 2.78 bits per heavy atom. The molecule has 0 aliphatic rings. The van der Waals surface area contributed by atoms with E-state index in [9.17, 15) is 5.26 Å². The smallest absolute Gasteiger partial charge is 0.173 e. The number of hydrogen-bond acceptors (Lipinski definition) is 4. The molecule has 0 fully saturated rings. The summed E-state index contributed by atoms with van der Waals surface area (Å²) in [4.78, 5) is 4.25. The molecular weight excluding hydrogens is 226 g/mol. The van der Waals surface area contributed by atoms with E-state index in [-0.39, 0.29) is 6.42 Å². The lowest BCUT2D eigenvalue weighted by molar-refractivity contribution is 0.645. The molecule has 2 aromatic heterocycles. The van der Waals surface area contributed by atoms with Crippen LogP contribution in [0.3, 0.4) is 0 Å². The van der Waals surface area contributed by atoms with E-state index >= 15 is 0 Å². The minimum absolute atomic E-state index is 0.159. The average molecular weight is 239 g/mol. The minimum atomic E-state index is 0.159. The molecule has 0 atom stereocenters. The number of rotatable bonds is 3. The molecule has 0 aliphatic carbocycles. The zero-order valence-electron chi connectivity index (χ0n) is 10.4. The molecule has 0 saturated heterocycles. The summed E-state index contributed by atoms with van der Waals surface area (Å²) in [5, 5.41) is 22.1. The topological polar surface area (TPSA) is 77.8 Å². The van der Waals surface area contributed by atoms with Crippen LogP contribution in [0.5, 0.6) is 0 Å². The first-order chi connectivity index (χ1) is 8.65. The highest BCUT2D eigenvalue weighted by Crippen LogP contribution is 2.17. The first kappa shape index (κ1) is 12.1. The van der Waals surface area contributed by atoms with Crippen molar-refractivity contribution in [1.82, 2.24) is 14.6 Å². The Bertz CT molecular complexity index is 654. The molecule has 18 heavy (non-hydrogen) atoms. The maximum Gasteiger partial charge on any atom is 0.173 e. The van der Waals surface area contributed by atoms with Gasteiger partial charge in [-0.05, 0) is 24.0 Å². The van der Waals surface area contributed by atoms with Gasteiger partial charge in [-0.25, -0.2) is 9.50 Å². The molecule has 0 spiro atoms. The van der Waals surface area contributed by atoms with Crippen LogP contribution in [0.1, 0.15) is 30.8 Å². The van der Waals surface area contributed by atoms with E-state index in [0.717, 1.165) is 12.0 Å². The fraction of sp³-hybridized carbons (Fsp3) is 0.385. The number of aromatic nitrogens is 3. The SMILES string of the molecule is CC(C)Cc1ccn2nc(CC#N)nc2c1C#N. The lowest BCUT2D eigenvalue weighted by Gasteiger charge is -2.07. The first-order valence-electron chi connectivity index (χ1n) is 5.80. The number of nitriles is 2. The molecule has 0 aliphatic heterocycles. The van der Waals surface area contributed by atoms with Crippen molar-refractivity contribution >= 4 is 5.65 Å². The molecule has 0 unspecified atom stereocenters. The van der Waals surface area contributed by atoms with E-state index < -0.39 is 0 Å². The molecule has 0 aromatic carbocycles. The van der Waals surface area contributed by atoms with Crippen molar-refractivity contribution in [2.75, 3.05) is 0 Å². The van der Waals surface area contributed by atoms with E-state index in [1.807, 2.05) is 12.1 Å². The molecule has 2 heterocycles. The summed E-state index contributed by atoms with van der Waals surface area (Å²) in [6.07, 6.45) is 2.79. The van der Waals surface area contributed by atoms with Gasteiger partial charge in [-0.3, -0.25) is 0 Å². The molecule has 90 valence electrons. The maximum absolute atomic E-state index is 9.27. The van der Waals surface area contributed by atoms with Crippen molar-refractivity contribution in [2.24, 2.45) is 5.92 Å². The predicted octanol–water partition coefficient (Wildman–Crippen LogP) is 1.87. The highest BCUT2D eigenvalue weighted by molar-refractivity contribution is 5.58. The van der Waals surface area contributed by atoms with Crippen LogP contribution in [0.4, 0.5) is 0 Å². The molecule has 0 amide bonds. The van der Waals surface area contributed by atoms with E-state index in [4.69, 9.17) is 5.26 Å². The molecule has 5 nitrogen and oxygen atoms in total. The third-order valence-corrected chi connectivity index (χ3v) is 2.61. The van der Waals surface area contributed by atoms with Crippen LogP contribution in [0.2, 0.25) is 0 Å². The summed E-state index contributed by atoms with van der Waals surface area (Å²) < 4.78 is 1.56. The van der Waals surface area contributed by atoms with Crippen molar-refractivity contribution in [2.45, 2.75) is 26.7 Å². The average Bonchev–Trinajstić information content (AvgIpc) is 2.71. The van der Waals surface area contributed by atoms with Crippen LogP contribution in [0.15, 0.2) is 12.3 Å². The summed E-state index contributed by atoms with van der Waals surface area (Å²) in [5.41, 5.74) is 2.08. The van der Waals surface area contributed by atoms with Gasteiger partial charge in [0.25, 0.3) is 0 Å². The molecule has 0 saturated carbocycles. The monoisotopic (exact) mass is 239 g/mol. The van der Waals surface area contributed by atoms with Crippen molar-refractivity contribution < 1.29 is 0 Å². The van der Waals surface area contributed by atoms with Gasteiger partial charge in [-0.1, -0.05) is 13.8 Å². The van der Waals surface area contributed by atoms with Gasteiger partial charge in [0.2, 0.25) is 0 Å². The van der Waals surface area contributed by atoms with Crippen molar-refractivity contribution in [3.8, 4) is 12.1 Å². The van der Waals surface area contributed by atoms with Gasteiger partial charge in [0.15, 0.2) is 11.5 Å². The van der Waals surface area contributed by atoms with Crippen LogP contribution in [0.25, 0.3) is 5.65 Å². The summed E-state index contributed by atoms with van der Waals surface area (Å²) in [6, 6.07) is 6.10. The van der Waals surface area contributed by atoms with Gasteiger partial charge in [0, 0.05) is 6.20 Å². The van der Waals surface area contributed by atoms with Gasteiger partial charge in [-0.2, -0.15) is 15.6 Å². The third-order valence-electron chi connectivity index (χ3n) is 2.61. The number of pyridine rings is 1. The van der Waals surface area contributed by atoms with Gasteiger partial charge in [-0.15, -0.1) is 0 Å². The van der Waals surface area contributed by atoms with Gasteiger partial charge >= 0.3 is 0 Å². The van der Waals surface area contributed by atoms with Gasteiger partial charge in [0.1, 0.15) is 6.07 Å². The lowest BCUT2D eigenvalue weighted by atomic mass is 10.00. The molecule has 2 aromatic rings. The second-order valence-corrected chi connectivity index (χ2v) is 4.56. The minimum Gasteiger partial charge on any atom is -0.219 e. The zero-order chi connectivity index (χ0) is 13.1. The van der Waals surface area contributed by atoms with Crippen molar-refractivity contribution in [3.63, 3.8) is 0 Å². The predicted molar refractivity (Wildman–Crippen MR) is 65.6 cm³/mol. The van der Waals surface area contributed by atoms with Crippen LogP contribution in [-0.4, -0.2) is 14.6 Å². The molecule has 0 radical (unpaired) electrons. The largest absolute Gasteiger partial charge is 0.219 e. The second kappa shape index (κ2) is 4.85. The number of nitrogens with zero attached hydrogens (tertiary/aromatic N) is 5. The Kier molecular flexibility index (Phi) is 3.25. The maximum atomic E-state index is 9.27. The Balaban J connectivity index is 2.57. The highest BCUT2D eigenvalue weighted by atomic mass is 15.3. The van der Waals surface area contributed by atoms with Gasteiger partial charge in [0.05, 0.1) is 18.1 Å². The summed E-state index contributed by atoms with van der Waals surface area (Å²) in [5.74, 6) is 0.928. The fourth-order valence-electron chi connectivity index (χ4n) is 1.91. The Morgan fingerprint density at radius 2 is 2.17 bits per heavy atom. The molecule has 5 heteroatoms.